The van der Waals surface area contributed by atoms with Crippen molar-refractivity contribution >= 4 is 16.9 Å². The molecule has 2 aliphatic rings. The molecule has 0 radical (unpaired) electrons. The number of benzene rings is 1. The molecule has 0 bridgehead atoms. The molecule has 4 atom stereocenters. The Kier molecular flexibility index (Phi) is 4.84. The Labute approximate surface area is 183 Å². The number of ether oxygens (including phenoxy) is 1. The monoisotopic (exact) mass is 445 g/mol. The average molecular weight is 445 g/mol. The van der Waals surface area contributed by atoms with Crippen LogP contribution in [-0.4, -0.2) is 49.1 Å². The fraction of sp³-hybridized carbons (Fsp3) is 0.455. The van der Waals surface area contributed by atoms with Gasteiger partial charge in [-0.25, -0.2) is 18.7 Å². The smallest absolute Gasteiger partial charge is 0.154 e. The van der Waals surface area contributed by atoms with E-state index in [1.165, 1.54) is 29.8 Å². The van der Waals surface area contributed by atoms with Gasteiger partial charge in [-0.3, -0.25) is 0 Å². The molecule has 5 N–H and O–H groups in total. The van der Waals surface area contributed by atoms with Gasteiger partial charge in [0.2, 0.25) is 0 Å². The standard InChI is InChI=1S/C22H25F2N5O3/c1-10-27-20(25)18-14(24)9-29(21(18)28-10)17-7-16(19(30)22(17,2)31)32-15-4-3-13(23)11-5-6-26-8-12(11)15/h3-4,9,16-17,19,26,30-31H,5-8H2,1-2H3,(H2,25,27,28)/t16?,17?,19-,22-/m1/s1. The molecule has 8 nitrogen and oxygen atoms in total. The van der Waals surface area contributed by atoms with Gasteiger partial charge in [-0.15, -0.1) is 0 Å². The normalized spacial score (nSPS) is 27.6. The van der Waals surface area contributed by atoms with Crippen molar-refractivity contribution in [3.8, 4) is 5.75 Å². The quantitative estimate of drug-likeness (QED) is 0.485. The first-order chi connectivity index (χ1) is 15.2. The predicted molar refractivity (Wildman–Crippen MR) is 113 cm³/mol. The van der Waals surface area contributed by atoms with Crippen molar-refractivity contribution in [3.63, 3.8) is 0 Å². The molecule has 32 heavy (non-hydrogen) atoms. The maximum atomic E-state index is 14.7. The molecule has 10 heteroatoms. The number of aryl methyl sites for hydroxylation is 1. The van der Waals surface area contributed by atoms with E-state index in [4.69, 9.17) is 10.5 Å². The molecule has 1 aliphatic carbocycles. The van der Waals surface area contributed by atoms with Gasteiger partial charge in [0, 0.05) is 24.7 Å². The number of rotatable bonds is 3. The molecule has 0 spiro atoms. The van der Waals surface area contributed by atoms with Crippen molar-refractivity contribution in [2.75, 3.05) is 12.3 Å². The maximum Gasteiger partial charge on any atom is 0.154 e. The van der Waals surface area contributed by atoms with Crippen LogP contribution in [-0.2, 0) is 13.0 Å². The van der Waals surface area contributed by atoms with E-state index in [2.05, 4.69) is 15.3 Å². The van der Waals surface area contributed by atoms with Crippen molar-refractivity contribution in [3.05, 3.63) is 46.9 Å². The van der Waals surface area contributed by atoms with Crippen LogP contribution in [0, 0.1) is 18.6 Å². The highest BCUT2D eigenvalue weighted by Crippen LogP contribution is 2.44. The predicted octanol–water partition coefficient (Wildman–Crippen LogP) is 1.75. The van der Waals surface area contributed by atoms with Gasteiger partial charge < -0.3 is 30.6 Å². The number of nitrogens with two attached hydrogens (primary N) is 1. The molecule has 2 unspecified atom stereocenters. The lowest BCUT2D eigenvalue weighted by Crippen LogP contribution is -2.44. The average Bonchev–Trinajstić information content (AvgIpc) is 3.18. The Hall–Kier alpha value is -2.82. The number of hydrogen-bond acceptors (Lipinski definition) is 7. The first kappa shape index (κ1) is 21.0. The molecule has 3 heterocycles. The summed E-state index contributed by atoms with van der Waals surface area (Å²) >= 11 is 0. The van der Waals surface area contributed by atoms with Crippen molar-refractivity contribution in [1.82, 2.24) is 19.9 Å². The Balaban J connectivity index is 1.52. The number of hydrogen-bond donors (Lipinski definition) is 4. The van der Waals surface area contributed by atoms with Crippen LogP contribution in [0.2, 0.25) is 0 Å². The third-order valence-electron chi connectivity index (χ3n) is 6.65. The second-order valence-corrected chi connectivity index (χ2v) is 8.75. The summed E-state index contributed by atoms with van der Waals surface area (Å²) < 4.78 is 36.5. The van der Waals surface area contributed by atoms with Crippen LogP contribution < -0.4 is 15.8 Å². The van der Waals surface area contributed by atoms with Gasteiger partial charge in [0.15, 0.2) is 5.82 Å². The first-order valence-electron chi connectivity index (χ1n) is 10.6. The van der Waals surface area contributed by atoms with E-state index in [9.17, 15) is 19.0 Å². The molecule has 1 fully saturated rings. The van der Waals surface area contributed by atoms with Crippen molar-refractivity contribution < 1.29 is 23.7 Å². The Morgan fingerprint density at radius 2 is 2.03 bits per heavy atom. The van der Waals surface area contributed by atoms with E-state index in [0.717, 1.165) is 0 Å². The topological polar surface area (TPSA) is 118 Å². The highest BCUT2D eigenvalue weighted by molar-refractivity contribution is 5.87. The van der Waals surface area contributed by atoms with Crippen LogP contribution in [0.4, 0.5) is 14.6 Å². The second-order valence-electron chi connectivity index (χ2n) is 8.75. The number of aliphatic hydroxyl groups excluding tert-OH is 1. The van der Waals surface area contributed by atoms with Crippen LogP contribution >= 0.6 is 0 Å². The van der Waals surface area contributed by atoms with Crippen LogP contribution in [0.25, 0.3) is 11.0 Å². The van der Waals surface area contributed by atoms with E-state index >= 15 is 0 Å². The van der Waals surface area contributed by atoms with Gasteiger partial charge in [-0.1, -0.05) is 0 Å². The number of anilines is 1. The summed E-state index contributed by atoms with van der Waals surface area (Å²) in [5, 5.41) is 25.4. The minimum atomic E-state index is -1.64. The summed E-state index contributed by atoms with van der Waals surface area (Å²) in [6, 6.07) is 2.16. The zero-order chi connectivity index (χ0) is 22.8. The minimum absolute atomic E-state index is 0.0141. The van der Waals surface area contributed by atoms with E-state index in [1.54, 1.807) is 6.92 Å². The molecule has 1 saturated carbocycles. The highest BCUT2D eigenvalue weighted by atomic mass is 19.1. The summed E-state index contributed by atoms with van der Waals surface area (Å²) in [7, 11) is 0. The number of nitrogens with zero attached hydrogens (tertiary/aromatic N) is 3. The van der Waals surface area contributed by atoms with Gasteiger partial charge in [-0.2, -0.15) is 0 Å². The second kappa shape index (κ2) is 7.36. The van der Waals surface area contributed by atoms with Crippen molar-refractivity contribution in [2.24, 2.45) is 0 Å². The van der Waals surface area contributed by atoms with Gasteiger partial charge in [0.05, 0.1) is 11.4 Å². The lowest BCUT2D eigenvalue weighted by molar-refractivity contribution is -0.0841. The van der Waals surface area contributed by atoms with Crippen molar-refractivity contribution in [2.45, 2.75) is 57.1 Å². The van der Waals surface area contributed by atoms with Gasteiger partial charge in [0.25, 0.3) is 0 Å². The molecule has 3 aromatic rings. The fourth-order valence-electron chi connectivity index (χ4n) is 4.96. The zero-order valence-corrected chi connectivity index (χ0v) is 17.8. The Morgan fingerprint density at radius 1 is 1.25 bits per heavy atom. The summed E-state index contributed by atoms with van der Waals surface area (Å²) in [5.74, 6) is -0.0514. The summed E-state index contributed by atoms with van der Waals surface area (Å²) in [5.41, 5.74) is 5.80. The number of fused-ring (bicyclic) bond motifs is 2. The molecular weight excluding hydrogens is 420 g/mol. The highest BCUT2D eigenvalue weighted by Gasteiger charge is 2.53. The maximum absolute atomic E-state index is 14.7. The largest absolute Gasteiger partial charge is 0.487 e. The van der Waals surface area contributed by atoms with Crippen LogP contribution in [0.5, 0.6) is 5.75 Å². The Bertz CT molecular complexity index is 1210. The SMILES string of the molecule is Cc1nc(N)c2c(F)cn(C3CC(Oc4ccc(F)c5c4CNCC5)[C@@H](O)[C@]3(C)O)c2n1. The number of nitrogen functional groups attached to an aromatic ring is 1. The minimum Gasteiger partial charge on any atom is -0.487 e. The van der Waals surface area contributed by atoms with Crippen LogP contribution in [0.15, 0.2) is 18.3 Å². The number of halogens is 2. The number of nitrogens with one attached hydrogen (secondary N) is 1. The molecule has 1 aliphatic heterocycles. The van der Waals surface area contributed by atoms with Crippen LogP contribution in [0.1, 0.15) is 36.3 Å². The number of aromatic nitrogens is 3. The molecule has 5 rings (SSSR count). The third kappa shape index (κ3) is 3.13. The summed E-state index contributed by atoms with van der Waals surface area (Å²) in [6.07, 6.45) is -0.133. The zero-order valence-electron chi connectivity index (χ0n) is 17.8. The molecule has 0 amide bonds. The van der Waals surface area contributed by atoms with Crippen LogP contribution in [0.3, 0.4) is 0 Å². The number of aliphatic hydroxyl groups is 2. The van der Waals surface area contributed by atoms with E-state index in [1.807, 2.05) is 0 Å². The third-order valence-corrected chi connectivity index (χ3v) is 6.65. The molecule has 1 aromatic carbocycles. The first-order valence-corrected chi connectivity index (χ1v) is 10.6. The van der Waals surface area contributed by atoms with Gasteiger partial charge >= 0.3 is 0 Å². The summed E-state index contributed by atoms with van der Waals surface area (Å²) in [6.45, 7) is 4.25. The lowest BCUT2D eigenvalue weighted by Gasteiger charge is -2.30. The lowest BCUT2D eigenvalue weighted by atomic mass is 9.98. The summed E-state index contributed by atoms with van der Waals surface area (Å²) in [4.78, 5) is 8.33. The van der Waals surface area contributed by atoms with E-state index < -0.39 is 29.7 Å². The Morgan fingerprint density at radius 3 is 2.81 bits per heavy atom. The van der Waals surface area contributed by atoms with E-state index in [0.29, 0.717) is 42.2 Å². The molecule has 0 saturated heterocycles. The van der Waals surface area contributed by atoms with Crippen molar-refractivity contribution in [1.29, 1.82) is 0 Å². The van der Waals surface area contributed by atoms with Gasteiger partial charge in [0.1, 0.15) is 46.7 Å². The fourth-order valence-corrected chi connectivity index (χ4v) is 4.96. The van der Waals surface area contributed by atoms with E-state index in [-0.39, 0.29) is 29.1 Å². The van der Waals surface area contributed by atoms with Gasteiger partial charge in [-0.05, 0) is 44.5 Å². The molecule has 170 valence electrons. The molecular formula is C22H25F2N5O3. The molecule has 2 aromatic heterocycles.